The predicted molar refractivity (Wildman–Crippen MR) is 175 cm³/mol. The Labute approximate surface area is 278 Å². The Morgan fingerprint density at radius 1 is 1.08 bits per heavy atom. The summed E-state index contributed by atoms with van der Waals surface area (Å²) >= 11 is 0. The standard InChI is InChI=1S/C34H37N3O10S/c1-6-17-45-26-11-7-22(8-12-26)30-15-16-36(48(42,43)27-13-9-25(10-14-27)37(40)41)28-18-23-19-29(32(38)44-5)35(33(39)47-34(2,3)4)21-24(23)20-31(28)46-30/h6-14,18,20,29-30H,1,15-17,19,21H2,2-5H3/t29-,30?/m0/s1. The van der Waals surface area contributed by atoms with Gasteiger partial charge in [-0.1, -0.05) is 24.8 Å². The van der Waals surface area contributed by atoms with Gasteiger partial charge >= 0.3 is 12.1 Å². The number of non-ortho nitro benzene ring substituents is 1. The van der Waals surface area contributed by atoms with Gasteiger partial charge in [0.05, 0.1) is 29.2 Å². The molecule has 0 N–H and O–H groups in total. The van der Waals surface area contributed by atoms with Crippen LogP contribution in [0.5, 0.6) is 11.5 Å². The number of esters is 1. The summed E-state index contributed by atoms with van der Waals surface area (Å²) in [6, 6.07) is 14.3. The fourth-order valence-corrected chi connectivity index (χ4v) is 7.09. The fraction of sp³-hybridized carbons (Fsp3) is 0.353. The third-order valence-corrected chi connectivity index (χ3v) is 9.73. The molecule has 13 nitrogen and oxygen atoms in total. The molecule has 2 aliphatic heterocycles. The quantitative estimate of drug-likeness (QED) is 0.125. The lowest BCUT2D eigenvalue weighted by Crippen LogP contribution is -2.50. The summed E-state index contributed by atoms with van der Waals surface area (Å²) in [6.07, 6.45) is 0.666. The van der Waals surface area contributed by atoms with Crippen LogP contribution >= 0.6 is 0 Å². The van der Waals surface area contributed by atoms with Gasteiger partial charge < -0.3 is 18.9 Å². The second-order valence-corrected chi connectivity index (χ2v) is 14.2. The zero-order chi connectivity index (χ0) is 34.8. The summed E-state index contributed by atoms with van der Waals surface area (Å²) < 4.78 is 52.3. The van der Waals surface area contributed by atoms with Crippen molar-refractivity contribution in [2.75, 3.05) is 24.6 Å². The first-order valence-corrected chi connectivity index (χ1v) is 16.7. The van der Waals surface area contributed by atoms with Gasteiger partial charge in [-0.15, -0.1) is 0 Å². The summed E-state index contributed by atoms with van der Waals surface area (Å²) in [7, 11) is -3.02. The SMILES string of the molecule is C=CCOc1ccc(C2CCN(S(=O)(=O)c3ccc([N+](=O)[O-])cc3)c3cc4c(cc3O2)CN(C(=O)OC(C)(C)C)[C@H](C(=O)OC)C4)cc1. The monoisotopic (exact) mass is 679 g/mol. The molecule has 1 unspecified atom stereocenters. The van der Waals surface area contributed by atoms with Crippen LogP contribution in [0.3, 0.4) is 0 Å². The highest BCUT2D eigenvalue weighted by atomic mass is 32.2. The molecule has 0 fully saturated rings. The van der Waals surface area contributed by atoms with Gasteiger partial charge in [-0.25, -0.2) is 18.0 Å². The Balaban J connectivity index is 1.59. The zero-order valence-electron chi connectivity index (χ0n) is 27.1. The van der Waals surface area contributed by atoms with Gasteiger partial charge in [-0.3, -0.25) is 19.3 Å². The molecule has 0 aliphatic carbocycles. The van der Waals surface area contributed by atoms with Crippen molar-refractivity contribution in [3.63, 3.8) is 0 Å². The van der Waals surface area contributed by atoms with E-state index in [4.69, 9.17) is 18.9 Å². The molecule has 0 aromatic heterocycles. The van der Waals surface area contributed by atoms with Gasteiger partial charge in [0.2, 0.25) is 0 Å². The number of hydrogen-bond donors (Lipinski definition) is 0. The van der Waals surface area contributed by atoms with E-state index >= 15 is 0 Å². The Bertz CT molecular complexity index is 1820. The van der Waals surface area contributed by atoms with Crippen LogP contribution in [-0.4, -0.2) is 62.2 Å². The molecule has 3 aromatic carbocycles. The normalized spacial score (nSPS) is 17.6. The molecule has 0 bridgehead atoms. The second kappa shape index (κ2) is 13.6. The lowest BCUT2D eigenvalue weighted by molar-refractivity contribution is -0.384. The number of rotatable bonds is 8. The number of methoxy groups -OCH3 is 1. The number of fused-ring (bicyclic) bond motifs is 2. The van der Waals surface area contributed by atoms with Crippen molar-refractivity contribution in [2.24, 2.45) is 0 Å². The van der Waals surface area contributed by atoms with Gasteiger partial charge in [0, 0.05) is 31.5 Å². The largest absolute Gasteiger partial charge is 0.490 e. The van der Waals surface area contributed by atoms with Crippen molar-refractivity contribution in [3.05, 3.63) is 100 Å². The number of sulfonamides is 1. The van der Waals surface area contributed by atoms with Crippen LogP contribution in [0.25, 0.3) is 0 Å². The molecule has 254 valence electrons. The Morgan fingerprint density at radius 2 is 1.77 bits per heavy atom. The molecule has 0 radical (unpaired) electrons. The van der Waals surface area contributed by atoms with Crippen molar-refractivity contribution in [1.29, 1.82) is 0 Å². The summed E-state index contributed by atoms with van der Waals surface area (Å²) in [6.45, 7) is 9.16. The molecule has 14 heteroatoms. The number of nitro benzene ring substituents is 1. The maximum absolute atomic E-state index is 14.2. The number of benzene rings is 3. The molecule has 0 saturated heterocycles. The molecule has 0 saturated carbocycles. The molecule has 0 spiro atoms. The van der Waals surface area contributed by atoms with E-state index in [1.54, 1.807) is 51.1 Å². The highest BCUT2D eigenvalue weighted by Crippen LogP contribution is 2.43. The first kappa shape index (κ1) is 34.2. The third kappa shape index (κ3) is 7.23. The molecular formula is C34H37N3O10S. The zero-order valence-corrected chi connectivity index (χ0v) is 27.9. The van der Waals surface area contributed by atoms with Crippen LogP contribution in [-0.2, 0) is 37.3 Å². The molecule has 5 rings (SSSR count). The van der Waals surface area contributed by atoms with E-state index < -0.39 is 44.8 Å². The van der Waals surface area contributed by atoms with Gasteiger partial charge in [-0.2, -0.15) is 0 Å². The second-order valence-electron chi connectivity index (χ2n) is 12.3. The van der Waals surface area contributed by atoms with Crippen molar-refractivity contribution in [1.82, 2.24) is 4.90 Å². The number of anilines is 1. The third-order valence-electron chi connectivity index (χ3n) is 7.90. The lowest BCUT2D eigenvalue weighted by atomic mass is 9.93. The first-order valence-electron chi connectivity index (χ1n) is 15.2. The van der Waals surface area contributed by atoms with Gasteiger partial charge in [0.1, 0.15) is 35.9 Å². The van der Waals surface area contributed by atoms with Crippen LogP contribution in [0.2, 0.25) is 0 Å². The molecule has 2 heterocycles. The smallest absolute Gasteiger partial charge is 0.411 e. The van der Waals surface area contributed by atoms with Crippen LogP contribution in [0.1, 0.15) is 50.0 Å². The highest BCUT2D eigenvalue weighted by molar-refractivity contribution is 7.92. The summed E-state index contributed by atoms with van der Waals surface area (Å²) in [4.78, 5) is 38.0. The van der Waals surface area contributed by atoms with E-state index in [9.17, 15) is 28.1 Å². The van der Waals surface area contributed by atoms with E-state index in [0.29, 0.717) is 23.5 Å². The highest BCUT2D eigenvalue weighted by Gasteiger charge is 2.40. The van der Waals surface area contributed by atoms with Crippen LogP contribution in [0.4, 0.5) is 16.2 Å². The Kier molecular flexibility index (Phi) is 9.66. The Hall–Kier alpha value is -5.11. The van der Waals surface area contributed by atoms with E-state index in [-0.39, 0.29) is 48.0 Å². The van der Waals surface area contributed by atoms with Gasteiger partial charge in [-0.05, 0) is 73.9 Å². The molecular weight excluding hydrogens is 642 g/mol. The average Bonchev–Trinajstić information content (AvgIpc) is 3.24. The number of nitrogens with zero attached hydrogens (tertiary/aromatic N) is 3. The van der Waals surface area contributed by atoms with E-state index in [2.05, 4.69) is 6.58 Å². The lowest BCUT2D eigenvalue weighted by Gasteiger charge is -2.37. The fourth-order valence-electron chi connectivity index (χ4n) is 5.60. The van der Waals surface area contributed by atoms with Crippen LogP contribution < -0.4 is 13.8 Å². The molecule has 3 aromatic rings. The molecule has 1 amide bonds. The van der Waals surface area contributed by atoms with E-state index in [1.807, 2.05) is 12.1 Å². The minimum absolute atomic E-state index is 0.00888. The van der Waals surface area contributed by atoms with E-state index in [1.165, 1.54) is 28.4 Å². The number of ether oxygens (including phenoxy) is 4. The van der Waals surface area contributed by atoms with Gasteiger partial charge in [0.15, 0.2) is 0 Å². The number of amides is 1. The number of carbonyl (C=O) groups is 2. The van der Waals surface area contributed by atoms with E-state index in [0.717, 1.165) is 17.7 Å². The average molecular weight is 680 g/mol. The summed E-state index contributed by atoms with van der Waals surface area (Å²) in [5.74, 6) is 0.231. The minimum Gasteiger partial charge on any atom is -0.490 e. The number of nitro groups is 1. The van der Waals surface area contributed by atoms with Crippen molar-refractivity contribution >= 4 is 33.5 Å². The molecule has 48 heavy (non-hydrogen) atoms. The molecule has 2 aliphatic rings. The molecule has 2 atom stereocenters. The maximum atomic E-state index is 14.2. The van der Waals surface area contributed by atoms with Crippen molar-refractivity contribution in [3.8, 4) is 11.5 Å². The summed E-state index contributed by atoms with van der Waals surface area (Å²) in [5.41, 5.74) is 1.21. The minimum atomic E-state index is -4.24. The van der Waals surface area contributed by atoms with Gasteiger partial charge in [0.25, 0.3) is 15.7 Å². The number of hydrogen-bond acceptors (Lipinski definition) is 10. The Morgan fingerprint density at radius 3 is 2.38 bits per heavy atom. The van der Waals surface area contributed by atoms with Crippen LogP contribution in [0.15, 0.2) is 78.2 Å². The topological polar surface area (TPSA) is 155 Å². The summed E-state index contributed by atoms with van der Waals surface area (Å²) in [5, 5.41) is 11.2. The first-order chi connectivity index (χ1) is 22.7. The van der Waals surface area contributed by atoms with Crippen molar-refractivity contribution in [2.45, 2.75) is 62.8 Å². The predicted octanol–water partition coefficient (Wildman–Crippen LogP) is 5.71. The maximum Gasteiger partial charge on any atom is 0.411 e. The number of carbonyl (C=O) groups excluding carboxylic acids is 2. The van der Waals surface area contributed by atoms with Crippen molar-refractivity contribution < 1.29 is 41.9 Å². The van der Waals surface area contributed by atoms with Crippen LogP contribution in [0, 0.1) is 10.1 Å².